The molecule has 0 bridgehead atoms. The molecule has 0 spiro atoms. The standard InChI is InChI=1S/C23H17FN2O4/c24-16-11-9-15(10-12-16)13-25-21(27)14-29-23(28)18-6-2-1-5-17(18)22-26-19-7-3-4-8-20(19)30-22/h1-12H,13-14H2,(H,25,27). The number of benzene rings is 3. The van der Waals surface area contributed by atoms with Gasteiger partial charge in [0.25, 0.3) is 5.91 Å². The summed E-state index contributed by atoms with van der Waals surface area (Å²) in [5.41, 5.74) is 2.74. The van der Waals surface area contributed by atoms with Crippen molar-refractivity contribution < 1.29 is 23.1 Å². The molecule has 1 amide bonds. The van der Waals surface area contributed by atoms with Crippen LogP contribution >= 0.6 is 0 Å². The topological polar surface area (TPSA) is 81.4 Å². The fourth-order valence-corrected chi connectivity index (χ4v) is 2.90. The fraction of sp³-hybridized carbons (Fsp3) is 0.0870. The number of carbonyl (C=O) groups excluding carboxylic acids is 2. The monoisotopic (exact) mass is 404 g/mol. The smallest absolute Gasteiger partial charge is 0.339 e. The van der Waals surface area contributed by atoms with Gasteiger partial charge in [0.05, 0.1) is 11.1 Å². The largest absolute Gasteiger partial charge is 0.452 e. The third-order valence-electron chi connectivity index (χ3n) is 4.41. The van der Waals surface area contributed by atoms with E-state index >= 15 is 0 Å². The number of esters is 1. The zero-order valence-corrected chi connectivity index (χ0v) is 15.8. The molecule has 0 radical (unpaired) electrons. The van der Waals surface area contributed by atoms with Gasteiger partial charge in [0, 0.05) is 6.54 Å². The molecule has 1 heterocycles. The molecule has 0 unspecified atom stereocenters. The van der Waals surface area contributed by atoms with Crippen molar-refractivity contribution in [3.63, 3.8) is 0 Å². The highest BCUT2D eigenvalue weighted by Crippen LogP contribution is 2.27. The minimum Gasteiger partial charge on any atom is -0.452 e. The average molecular weight is 404 g/mol. The van der Waals surface area contributed by atoms with Gasteiger partial charge in [0.1, 0.15) is 11.3 Å². The van der Waals surface area contributed by atoms with Gasteiger partial charge in [0.2, 0.25) is 5.89 Å². The molecule has 0 saturated heterocycles. The molecule has 0 atom stereocenters. The maximum atomic E-state index is 12.9. The summed E-state index contributed by atoms with van der Waals surface area (Å²) in [6, 6.07) is 19.8. The zero-order chi connectivity index (χ0) is 20.9. The molecule has 6 nitrogen and oxygen atoms in total. The highest BCUT2D eigenvalue weighted by Gasteiger charge is 2.19. The summed E-state index contributed by atoms with van der Waals surface area (Å²) in [5, 5.41) is 2.62. The van der Waals surface area contributed by atoms with Crippen molar-refractivity contribution in [2.75, 3.05) is 6.61 Å². The van der Waals surface area contributed by atoms with Crippen molar-refractivity contribution >= 4 is 23.0 Å². The highest BCUT2D eigenvalue weighted by atomic mass is 19.1. The number of fused-ring (bicyclic) bond motifs is 1. The number of carbonyl (C=O) groups is 2. The first-order valence-electron chi connectivity index (χ1n) is 9.23. The lowest BCUT2D eigenvalue weighted by molar-refractivity contribution is -0.124. The first kappa shape index (κ1) is 19.3. The van der Waals surface area contributed by atoms with Crippen molar-refractivity contribution in [1.29, 1.82) is 0 Å². The predicted octanol–water partition coefficient (Wildman–Crippen LogP) is 4.11. The summed E-state index contributed by atoms with van der Waals surface area (Å²) < 4.78 is 23.8. The van der Waals surface area contributed by atoms with Crippen molar-refractivity contribution in [1.82, 2.24) is 10.3 Å². The first-order valence-corrected chi connectivity index (χ1v) is 9.23. The van der Waals surface area contributed by atoms with E-state index in [0.29, 0.717) is 22.6 Å². The second kappa shape index (κ2) is 8.57. The van der Waals surface area contributed by atoms with Crippen LogP contribution in [0.3, 0.4) is 0 Å². The van der Waals surface area contributed by atoms with Crippen LogP contribution in [-0.2, 0) is 16.1 Å². The molecule has 0 aliphatic carbocycles. The Kier molecular flexibility index (Phi) is 5.52. The van der Waals surface area contributed by atoms with Crippen molar-refractivity contribution in [2.45, 2.75) is 6.54 Å². The third-order valence-corrected chi connectivity index (χ3v) is 4.41. The Labute approximate surface area is 171 Å². The number of nitrogens with one attached hydrogen (secondary N) is 1. The number of hydrogen-bond acceptors (Lipinski definition) is 5. The maximum absolute atomic E-state index is 12.9. The van der Waals surface area contributed by atoms with Crippen LogP contribution in [0.5, 0.6) is 0 Å². The number of nitrogens with zero attached hydrogens (tertiary/aromatic N) is 1. The van der Waals surface area contributed by atoms with E-state index in [9.17, 15) is 14.0 Å². The van der Waals surface area contributed by atoms with Gasteiger partial charge in [-0.3, -0.25) is 4.79 Å². The van der Waals surface area contributed by atoms with Gasteiger partial charge in [-0.15, -0.1) is 0 Å². The van der Waals surface area contributed by atoms with E-state index < -0.39 is 18.5 Å². The van der Waals surface area contributed by atoms with Gasteiger partial charge in [-0.05, 0) is 42.0 Å². The Hall–Kier alpha value is -4.00. The molecular formula is C23H17FN2O4. The molecule has 150 valence electrons. The summed E-state index contributed by atoms with van der Waals surface area (Å²) in [6.07, 6.45) is 0. The number of halogens is 1. The van der Waals surface area contributed by atoms with E-state index in [0.717, 1.165) is 5.56 Å². The lowest BCUT2D eigenvalue weighted by Gasteiger charge is -2.08. The van der Waals surface area contributed by atoms with Gasteiger partial charge in [0.15, 0.2) is 12.2 Å². The van der Waals surface area contributed by atoms with E-state index in [1.54, 1.807) is 42.5 Å². The van der Waals surface area contributed by atoms with Crippen molar-refractivity contribution in [3.05, 3.63) is 89.7 Å². The van der Waals surface area contributed by atoms with E-state index in [1.165, 1.54) is 12.1 Å². The number of ether oxygens (including phenoxy) is 1. The van der Waals surface area contributed by atoms with Gasteiger partial charge >= 0.3 is 5.97 Å². The summed E-state index contributed by atoms with van der Waals surface area (Å²) >= 11 is 0. The summed E-state index contributed by atoms with van der Waals surface area (Å²) in [6.45, 7) is -0.238. The summed E-state index contributed by atoms with van der Waals surface area (Å²) in [5.74, 6) is -1.18. The quantitative estimate of drug-likeness (QED) is 0.489. The highest BCUT2D eigenvalue weighted by molar-refractivity contribution is 5.97. The SMILES string of the molecule is O=C(COC(=O)c1ccccc1-c1nc2ccccc2o1)NCc1ccc(F)cc1. The Morgan fingerprint density at radius 3 is 2.50 bits per heavy atom. The average Bonchev–Trinajstić information content (AvgIpc) is 3.21. The van der Waals surface area contributed by atoms with E-state index in [4.69, 9.17) is 9.15 Å². The first-order chi connectivity index (χ1) is 14.6. The van der Waals surface area contributed by atoms with Crippen LogP contribution in [0.2, 0.25) is 0 Å². The molecule has 0 aliphatic heterocycles. The minimum atomic E-state index is -0.662. The molecule has 0 fully saturated rings. The molecule has 7 heteroatoms. The van der Waals surface area contributed by atoms with Gasteiger partial charge < -0.3 is 14.5 Å². The predicted molar refractivity (Wildman–Crippen MR) is 108 cm³/mol. The van der Waals surface area contributed by atoms with Crippen LogP contribution < -0.4 is 5.32 Å². The maximum Gasteiger partial charge on any atom is 0.339 e. The number of amides is 1. The fourth-order valence-electron chi connectivity index (χ4n) is 2.90. The minimum absolute atomic E-state index is 0.205. The molecule has 30 heavy (non-hydrogen) atoms. The van der Waals surface area contributed by atoms with Gasteiger partial charge in [-0.2, -0.15) is 0 Å². The van der Waals surface area contributed by atoms with E-state index in [-0.39, 0.29) is 17.9 Å². The molecule has 1 N–H and O–H groups in total. The van der Waals surface area contributed by atoms with Crippen LogP contribution in [0.15, 0.2) is 77.2 Å². The van der Waals surface area contributed by atoms with Crippen molar-refractivity contribution in [2.24, 2.45) is 0 Å². The number of rotatable bonds is 6. The normalized spacial score (nSPS) is 10.7. The molecule has 0 saturated carbocycles. The molecule has 3 aromatic carbocycles. The molecule has 0 aliphatic rings. The van der Waals surface area contributed by atoms with Gasteiger partial charge in [-0.25, -0.2) is 14.2 Å². The lowest BCUT2D eigenvalue weighted by atomic mass is 10.1. The summed E-state index contributed by atoms with van der Waals surface area (Å²) in [4.78, 5) is 29.0. The second-order valence-electron chi connectivity index (χ2n) is 6.51. The third kappa shape index (κ3) is 4.35. The summed E-state index contributed by atoms with van der Waals surface area (Å²) in [7, 11) is 0. The second-order valence-corrected chi connectivity index (χ2v) is 6.51. The number of aromatic nitrogens is 1. The van der Waals surface area contributed by atoms with E-state index in [2.05, 4.69) is 10.3 Å². The molecule has 4 aromatic rings. The van der Waals surface area contributed by atoms with Crippen molar-refractivity contribution in [3.8, 4) is 11.5 Å². The van der Waals surface area contributed by atoms with Crippen LogP contribution in [0.25, 0.3) is 22.6 Å². The van der Waals surface area contributed by atoms with Crippen LogP contribution in [0.4, 0.5) is 4.39 Å². The van der Waals surface area contributed by atoms with Gasteiger partial charge in [-0.1, -0.05) is 36.4 Å². The Bertz CT molecular complexity index is 1170. The Balaban J connectivity index is 1.41. The molecule has 1 aromatic heterocycles. The number of hydrogen-bond donors (Lipinski definition) is 1. The number of para-hydroxylation sites is 2. The number of oxazole rings is 1. The Morgan fingerprint density at radius 1 is 0.967 bits per heavy atom. The van der Waals surface area contributed by atoms with Crippen LogP contribution in [0, 0.1) is 5.82 Å². The Morgan fingerprint density at radius 2 is 1.70 bits per heavy atom. The lowest BCUT2D eigenvalue weighted by Crippen LogP contribution is -2.28. The van der Waals surface area contributed by atoms with Crippen LogP contribution in [0.1, 0.15) is 15.9 Å². The molecule has 4 rings (SSSR count). The molecular weight excluding hydrogens is 387 g/mol. The van der Waals surface area contributed by atoms with Crippen LogP contribution in [-0.4, -0.2) is 23.5 Å². The zero-order valence-electron chi connectivity index (χ0n) is 15.8. The van der Waals surface area contributed by atoms with E-state index in [1.807, 2.05) is 18.2 Å².